The van der Waals surface area contributed by atoms with Crippen LogP contribution in [0, 0.1) is 0 Å². The summed E-state index contributed by atoms with van der Waals surface area (Å²) in [7, 11) is 0. The molecule has 0 heterocycles. The summed E-state index contributed by atoms with van der Waals surface area (Å²) in [6, 6.07) is 20.0. The average molecular weight is 429 g/mol. The van der Waals surface area contributed by atoms with Gasteiger partial charge in [-0.05, 0) is 41.5 Å². The Morgan fingerprint density at radius 2 is 1.62 bits per heavy atom. The molecule has 0 spiro atoms. The second kappa shape index (κ2) is 9.45. The molecule has 2 N–H and O–H groups in total. The number of ether oxygens (including phenoxy) is 1. The monoisotopic (exact) mass is 428 g/mol. The quantitative estimate of drug-likeness (QED) is 0.533. The molecule has 0 unspecified atom stereocenters. The van der Waals surface area contributed by atoms with E-state index in [4.69, 9.17) is 27.9 Å². The van der Waals surface area contributed by atoms with E-state index in [9.17, 15) is 9.59 Å². The van der Waals surface area contributed by atoms with Gasteiger partial charge >= 0.3 is 0 Å². The maximum absolute atomic E-state index is 12.2. The van der Waals surface area contributed by atoms with Crippen molar-refractivity contribution in [2.24, 2.45) is 0 Å². The number of carbonyl (C=O) groups is 2. The molecule has 0 aliphatic rings. The summed E-state index contributed by atoms with van der Waals surface area (Å²) in [5, 5.41) is 6.00. The third-order valence-corrected chi connectivity index (χ3v) is 4.57. The van der Waals surface area contributed by atoms with Crippen LogP contribution in [-0.2, 0) is 9.59 Å². The lowest BCUT2D eigenvalue weighted by molar-refractivity contribution is -0.118. The number of amides is 2. The van der Waals surface area contributed by atoms with Crippen LogP contribution in [0.1, 0.15) is 6.92 Å². The molecule has 0 bridgehead atoms. The van der Waals surface area contributed by atoms with Gasteiger partial charge in [0.05, 0.1) is 15.7 Å². The standard InChI is InChI=1S/C22H18Cl2N2O3/c1-14(27)25-17-8-9-20(18(23)12-17)26-22(28)13-29-21-10-7-16(11-19(21)24)15-5-3-2-4-6-15/h2-12H,13H2,1H3,(H,25,27)(H,26,28). The molecule has 0 radical (unpaired) electrons. The van der Waals surface area contributed by atoms with Crippen LogP contribution in [0.25, 0.3) is 11.1 Å². The minimum absolute atomic E-state index is 0.207. The van der Waals surface area contributed by atoms with Crippen LogP contribution in [0.3, 0.4) is 0 Å². The van der Waals surface area contributed by atoms with Crippen molar-refractivity contribution in [3.05, 3.63) is 76.8 Å². The van der Waals surface area contributed by atoms with Crippen molar-refractivity contribution in [1.82, 2.24) is 0 Å². The Morgan fingerprint density at radius 1 is 0.862 bits per heavy atom. The van der Waals surface area contributed by atoms with E-state index in [-0.39, 0.29) is 18.4 Å². The Hall–Kier alpha value is -3.02. The molecule has 0 saturated carbocycles. The maximum Gasteiger partial charge on any atom is 0.262 e. The molecular formula is C22H18Cl2N2O3. The van der Waals surface area contributed by atoms with Crippen LogP contribution in [0.15, 0.2) is 66.7 Å². The molecule has 148 valence electrons. The number of nitrogens with one attached hydrogen (secondary N) is 2. The van der Waals surface area contributed by atoms with E-state index >= 15 is 0 Å². The summed E-state index contributed by atoms with van der Waals surface area (Å²) < 4.78 is 5.53. The predicted octanol–water partition coefficient (Wildman–Crippen LogP) is 5.64. The van der Waals surface area contributed by atoms with Crippen LogP contribution >= 0.6 is 23.2 Å². The number of benzene rings is 3. The van der Waals surface area contributed by atoms with Gasteiger partial charge in [0, 0.05) is 12.6 Å². The van der Waals surface area contributed by atoms with E-state index in [0.717, 1.165) is 11.1 Å². The van der Waals surface area contributed by atoms with E-state index in [2.05, 4.69) is 10.6 Å². The Balaban J connectivity index is 1.60. The van der Waals surface area contributed by atoms with E-state index in [1.165, 1.54) is 6.92 Å². The fourth-order valence-electron chi connectivity index (χ4n) is 2.66. The summed E-state index contributed by atoms with van der Waals surface area (Å²) in [6.45, 7) is 1.17. The van der Waals surface area contributed by atoms with Crippen molar-refractivity contribution in [3.8, 4) is 16.9 Å². The highest BCUT2D eigenvalue weighted by atomic mass is 35.5. The zero-order valence-corrected chi connectivity index (χ0v) is 17.1. The first-order valence-corrected chi connectivity index (χ1v) is 9.53. The van der Waals surface area contributed by atoms with Crippen molar-refractivity contribution in [2.75, 3.05) is 17.2 Å². The molecule has 0 atom stereocenters. The molecule has 7 heteroatoms. The van der Waals surface area contributed by atoms with E-state index in [0.29, 0.717) is 27.2 Å². The topological polar surface area (TPSA) is 67.4 Å². The minimum Gasteiger partial charge on any atom is -0.482 e. The van der Waals surface area contributed by atoms with Crippen LogP contribution in [0.5, 0.6) is 5.75 Å². The lowest BCUT2D eigenvalue weighted by Crippen LogP contribution is -2.20. The normalized spacial score (nSPS) is 10.3. The molecule has 0 aliphatic carbocycles. The summed E-state index contributed by atoms with van der Waals surface area (Å²) in [4.78, 5) is 23.3. The number of rotatable bonds is 6. The van der Waals surface area contributed by atoms with E-state index in [1.54, 1.807) is 30.3 Å². The summed E-state index contributed by atoms with van der Waals surface area (Å²) in [5.74, 6) is -0.183. The number of carbonyl (C=O) groups excluding carboxylic acids is 2. The van der Waals surface area contributed by atoms with Crippen LogP contribution in [0.2, 0.25) is 10.0 Å². The SMILES string of the molecule is CC(=O)Nc1ccc(NC(=O)COc2ccc(-c3ccccc3)cc2Cl)c(Cl)c1. The largest absolute Gasteiger partial charge is 0.482 e. The second-order valence-corrected chi connectivity index (χ2v) is 7.04. The van der Waals surface area contributed by atoms with Gasteiger partial charge < -0.3 is 15.4 Å². The zero-order chi connectivity index (χ0) is 20.8. The molecule has 0 saturated heterocycles. The fourth-order valence-corrected chi connectivity index (χ4v) is 3.12. The third-order valence-electron chi connectivity index (χ3n) is 3.96. The van der Waals surface area contributed by atoms with E-state index in [1.807, 2.05) is 36.4 Å². The predicted molar refractivity (Wildman–Crippen MR) is 117 cm³/mol. The molecule has 3 rings (SSSR count). The number of hydrogen-bond donors (Lipinski definition) is 2. The lowest BCUT2D eigenvalue weighted by atomic mass is 10.1. The van der Waals surface area contributed by atoms with Crippen molar-refractivity contribution in [3.63, 3.8) is 0 Å². The van der Waals surface area contributed by atoms with Gasteiger partial charge in [-0.25, -0.2) is 0 Å². The van der Waals surface area contributed by atoms with Gasteiger partial charge in [0.15, 0.2) is 6.61 Å². The average Bonchev–Trinajstić information content (AvgIpc) is 2.69. The fraction of sp³-hybridized carbons (Fsp3) is 0.0909. The van der Waals surface area contributed by atoms with Gasteiger partial charge in [-0.1, -0.05) is 59.6 Å². The molecule has 2 amide bonds. The summed E-state index contributed by atoms with van der Waals surface area (Å²) >= 11 is 12.4. The first-order chi connectivity index (χ1) is 13.9. The first-order valence-electron chi connectivity index (χ1n) is 8.77. The minimum atomic E-state index is -0.387. The molecule has 3 aromatic rings. The Kier molecular flexibility index (Phi) is 6.75. The van der Waals surface area contributed by atoms with Crippen molar-refractivity contribution in [1.29, 1.82) is 0 Å². The number of hydrogen-bond acceptors (Lipinski definition) is 3. The van der Waals surface area contributed by atoms with Crippen LogP contribution in [0.4, 0.5) is 11.4 Å². The molecular weight excluding hydrogens is 411 g/mol. The van der Waals surface area contributed by atoms with Crippen LogP contribution in [-0.4, -0.2) is 18.4 Å². The molecule has 0 aromatic heterocycles. The summed E-state index contributed by atoms with van der Waals surface area (Å²) in [5.41, 5.74) is 2.96. The number of halogens is 2. The molecule has 29 heavy (non-hydrogen) atoms. The Morgan fingerprint density at radius 3 is 2.28 bits per heavy atom. The van der Waals surface area contributed by atoms with Gasteiger partial charge in [0.25, 0.3) is 5.91 Å². The highest BCUT2D eigenvalue weighted by Crippen LogP contribution is 2.30. The van der Waals surface area contributed by atoms with Crippen molar-refractivity contribution >= 4 is 46.4 Å². The lowest BCUT2D eigenvalue weighted by Gasteiger charge is -2.12. The van der Waals surface area contributed by atoms with Gasteiger partial charge in [-0.3, -0.25) is 9.59 Å². The highest BCUT2D eigenvalue weighted by Gasteiger charge is 2.10. The zero-order valence-electron chi connectivity index (χ0n) is 15.5. The van der Waals surface area contributed by atoms with Gasteiger partial charge in [0.2, 0.25) is 5.91 Å². The van der Waals surface area contributed by atoms with E-state index < -0.39 is 0 Å². The first kappa shape index (κ1) is 20.7. The Labute approximate surface area is 178 Å². The second-order valence-electron chi connectivity index (χ2n) is 6.22. The molecule has 5 nitrogen and oxygen atoms in total. The van der Waals surface area contributed by atoms with Gasteiger partial charge in [-0.2, -0.15) is 0 Å². The number of anilines is 2. The van der Waals surface area contributed by atoms with Crippen molar-refractivity contribution in [2.45, 2.75) is 6.92 Å². The van der Waals surface area contributed by atoms with Gasteiger partial charge in [0.1, 0.15) is 5.75 Å². The molecule has 0 aliphatic heterocycles. The molecule has 3 aromatic carbocycles. The smallest absolute Gasteiger partial charge is 0.262 e. The summed E-state index contributed by atoms with van der Waals surface area (Å²) in [6.07, 6.45) is 0. The van der Waals surface area contributed by atoms with Gasteiger partial charge in [-0.15, -0.1) is 0 Å². The van der Waals surface area contributed by atoms with Crippen molar-refractivity contribution < 1.29 is 14.3 Å². The third kappa shape index (κ3) is 5.73. The molecule has 0 fully saturated rings. The highest BCUT2D eigenvalue weighted by molar-refractivity contribution is 6.34. The van der Waals surface area contributed by atoms with Crippen LogP contribution < -0.4 is 15.4 Å². The maximum atomic E-state index is 12.2. The Bertz CT molecular complexity index is 1040.